The molecule has 1 aromatic carbocycles. The van der Waals surface area contributed by atoms with Gasteiger partial charge in [0.05, 0.1) is 33.9 Å². The number of hydrogen-bond donors (Lipinski definition) is 1. The second kappa shape index (κ2) is 9.64. The zero-order valence-electron chi connectivity index (χ0n) is 20.0. The Labute approximate surface area is 215 Å². The van der Waals surface area contributed by atoms with E-state index in [0.717, 1.165) is 5.56 Å². The van der Waals surface area contributed by atoms with Crippen LogP contribution in [0.4, 0.5) is 5.69 Å². The first-order valence-corrected chi connectivity index (χ1v) is 12.9. The summed E-state index contributed by atoms with van der Waals surface area (Å²) >= 11 is 8.09. The summed E-state index contributed by atoms with van der Waals surface area (Å²) in [5.74, 6) is -2.41. The van der Waals surface area contributed by atoms with E-state index in [9.17, 15) is 19.5 Å². The number of aliphatic hydroxyl groups excluding tert-OH is 1. The normalized spacial score (nSPS) is 30.8. The van der Waals surface area contributed by atoms with E-state index in [1.165, 1.54) is 11.0 Å². The van der Waals surface area contributed by atoms with E-state index >= 15 is 0 Å². The highest BCUT2D eigenvalue weighted by Gasteiger charge is 2.77. The maximum atomic E-state index is 14.4. The van der Waals surface area contributed by atoms with Gasteiger partial charge in [-0.3, -0.25) is 14.4 Å². The number of thioether (sulfide) groups is 1. The van der Waals surface area contributed by atoms with E-state index in [1.54, 1.807) is 28.8 Å². The molecule has 1 spiro atoms. The molecule has 0 aromatic heterocycles. The lowest BCUT2D eigenvalue weighted by molar-refractivity contribution is -0.154. The smallest absolute Gasteiger partial charge is 0.311 e. The Morgan fingerprint density at radius 2 is 2.09 bits per heavy atom. The van der Waals surface area contributed by atoms with Crippen molar-refractivity contribution >= 4 is 46.8 Å². The Bertz CT molecular complexity index is 1060. The number of aryl methyl sites for hydroxylation is 1. The summed E-state index contributed by atoms with van der Waals surface area (Å²) in [4.78, 5) is 44.3. The van der Waals surface area contributed by atoms with Crippen molar-refractivity contribution in [2.45, 2.75) is 42.2 Å². The molecule has 0 radical (unpaired) electrons. The van der Waals surface area contributed by atoms with Crippen molar-refractivity contribution in [1.82, 2.24) is 4.90 Å². The van der Waals surface area contributed by atoms with Gasteiger partial charge in [-0.15, -0.1) is 18.3 Å². The molecular formula is C26H31ClN2O5S. The molecule has 3 aliphatic rings. The minimum Gasteiger partial charge on any atom is -0.461 e. The fraction of sp³-hybridized carbons (Fsp3) is 0.500. The van der Waals surface area contributed by atoms with Gasteiger partial charge in [0, 0.05) is 17.8 Å². The van der Waals surface area contributed by atoms with Gasteiger partial charge in [0.15, 0.2) is 0 Å². The molecule has 3 saturated heterocycles. The Balaban J connectivity index is 1.81. The van der Waals surface area contributed by atoms with Crippen LogP contribution in [0.15, 0.2) is 43.5 Å². The summed E-state index contributed by atoms with van der Waals surface area (Å²) in [5, 5.41) is 10.2. The highest BCUT2D eigenvalue weighted by atomic mass is 35.5. The van der Waals surface area contributed by atoms with E-state index in [2.05, 4.69) is 13.2 Å². The van der Waals surface area contributed by atoms with E-state index in [-0.39, 0.29) is 38.1 Å². The van der Waals surface area contributed by atoms with Gasteiger partial charge in [0.2, 0.25) is 5.91 Å². The third-order valence-corrected chi connectivity index (χ3v) is 9.78. The molecule has 4 rings (SSSR count). The quantitative estimate of drug-likeness (QED) is 0.398. The Hall–Kier alpha value is -2.29. The highest BCUT2D eigenvalue weighted by Crippen LogP contribution is 2.71. The van der Waals surface area contributed by atoms with Crippen LogP contribution in [0.2, 0.25) is 5.02 Å². The molecule has 1 N–H and O–H groups in total. The summed E-state index contributed by atoms with van der Waals surface area (Å²) in [6.07, 6.45) is 4.41. The second-order valence-electron chi connectivity index (χ2n) is 9.54. The van der Waals surface area contributed by atoms with Gasteiger partial charge < -0.3 is 19.6 Å². The van der Waals surface area contributed by atoms with Gasteiger partial charge >= 0.3 is 5.97 Å². The van der Waals surface area contributed by atoms with Crippen molar-refractivity contribution in [3.05, 3.63) is 54.1 Å². The molecule has 0 saturated carbocycles. The molecule has 3 aliphatic heterocycles. The standard InChI is InChI=1S/C26H31ClN2O5S/c1-5-12-28(20-16(3)8-7-9-17(20)27)23(32)21-26-11-10-25(4,35-26)19(24(33)34-15-6-2)18(26)22(31)29(21)13-14-30/h5-9,18-19,21,30H,1-2,10-15H2,3-4H3/t18-,19+,21?,25-,26?/m0/s1. The van der Waals surface area contributed by atoms with E-state index in [4.69, 9.17) is 16.3 Å². The van der Waals surface area contributed by atoms with Crippen molar-refractivity contribution in [3.8, 4) is 0 Å². The lowest BCUT2D eigenvalue weighted by atomic mass is 9.66. The van der Waals surface area contributed by atoms with Crippen LogP contribution in [0.1, 0.15) is 25.3 Å². The second-order valence-corrected chi connectivity index (χ2v) is 11.8. The van der Waals surface area contributed by atoms with Crippen molar-refractivity contribution in [3.63, 3.8) is 0 Å². The van der Waals surface area contributed by atoms with Crippen LogP contribution in [0, 0.1) is 18.8 Å². The minimum absolute atomic E-state index is 0.00260. The molecule has 5 atom stereocenters. The van der Waals surface area contributed by atoms with Gasteiger partial charge in [-0.2, -0.15) is 0 Å². The van der Waals surface area contributed by atoms with Crippen molar-refractivity contribution in [2.75, 3.05) is 31.2 Å². The number of ether oxygens (including phenoxy) is 1. The van der Waals surface area contributed by atoms with Crippen LogP contribution in [-0.4, -0.2) is 69.6 Å². The molecule has 7 nitrogen and oxygen atoms in total. The first kappa shape index (κ1) is 25.8. The molecule has 188 valence electrons. The third kappa shape index (κ3) is 3.90. The molecule has 2 amide bonds. The van der Waals surface area contributed by atoms with Crippen LogP contribution in [-0.2, 0) is 19.1 Å². The molecule has 0 aliphatic carbocycles. The van der Waals surface area contributed by atoms with Crippen LogP contribution in [0.3, 0.4) is 0 Å². The molecule has 3 heterocycles. The summed E-state index contributed by atoms with van der Waals surface area (Å²) in [6, 6.07) is 4.56. The predicted molar refractivity (Wildman–Crippen MR) is 137 cm³/mol. The SMILES string of the molecule is C=CCOC(=O)[C@H]1[C@H]2C(=O)N(CCO)C(C(=O)N(CC=C)c3c(C)cccc3Cl)C23CC[C@]1(C)S3. The molecule has 1 aromatic rings. The average Bonchev–Trinajstić information content (AvgIpc) is 3.38. The lowest BCUT2D eigenvalue weighted by Gasteiger charge is -2.37. The Morgan fingerprint density at radius 3 is 2.71 bits per heavy atom. The molecule has 2 unspecified atom stereocenters. The maximum absolute atomic E-state index is 14.4. The van der Waals surface area contributed by atoms with Crippen molar-refractivity contribution in [2.24, 2.45) is 11.8 Å². The predicted octanol–water partition coefficient (Wildman–Crippen LogP) is 3.37. The average molecular weight is 519 g/mol. The number of anilines is 1. The highest BCUT2D eigenvalue weighted by molar-refractivity contribution is 8.02. The minimum atomic E-state index is -0.855. The van der Waals surface area contributed by atoms with E-state index in [1.807, 2.05) is 26.0 Å². The van der Waals surface area contributed by atoms with Crippen LogP contribution >= 0.6 is 23.4 Å². The molecule has 35 heavy (non-hydrogen) atoms. The summed E-state index contributed by atoms with van der Waals surface area (Å²) in [5.41, 5.74) is 1.39. The maximum Gasteiger partial charge on any atom is 0.311 e. The van der Waals surface area contributed by atoms with Crippen LogP contribution in [0.25, 0.3) is 0 Å². The first-order chi connectivity index (χ1) is 16.7. The number of carbonyl (C=O) groups excluding carboxylic acids is 3. The van der Waals surface area contributed by atoms with Gasteiger partial charge in [-0.25, -0.2) is 0 Å². The largest absolute Gasteiger partial charge is 0.461 e. The summed E-state index contributed by atoms with van der Waals surface area (Å²) in [7, 11) is 0. The molecular weight excluding hydrogens is 488 g/mol. The number of carbonyl (C=O) groups is 3. The number of benzene rings is 1. The number of β-amino-alcohol motifs (C(OH)–C–C–N with tert-alkyl or cyclic N) is 1. The van der Waals surface area contributed by atoms with Crippen LogP contribution in [0.5, 0.6) is 0 Å². The Morgan fingerprint density at radius 1 is 1.34 bits per heavy atom. The summed E-state index contributed by atoms with van der Waals surface area (Å²) in [6.45, 7) is 11.3. The summed E-state index contributed by atoms with van der Waals surface area (Å²) < 4.78 is 4.08. The fourth-order valence-electron chi connectivity index (χ4n) is 6.17. The van der Waals surface area contributed by atoms with Gasteiger partial charge in [0.25, 0.3) is 5.91 Å². The number of hydrogen-bond acceptors (Lipinski definition) is 6. The van der Waals surface area contributed by atoms with Crippen LogP contribution < -0.4 is 4.90 Å². The van der Waals surface area contributed by atoms with Gasteiger partial charge in [0.1, 0.15) is 12.6 Å². The van der Waals surface area contributed by atoms with Gasteiger partial charge in [-0.05, 0) is 38.3 Å². The number of esters is 1. The number of rotatable bonds is 9. The number of amides is 2. The zero-order valence-corrected chi connectivity index (χ0v) is 21.6. The number of likely N-dealkylation sites (tertiary alicyclic amines) is 1. The zero-order chi connectivity index (χ0) is 25.5. The topological polar surface area (TPSA) is 87.1 Å². The van der Waals surface area contributed by atoms with Crippen molar-refractivity contribution < 1.29 is 24.2 Å². The number of nitrogens with zero attached hydrogens (tertiary/aromatic N) is 2. The number of aliphatic hydroxyl groups is 1. The van der Waals surface area contributed by atoms with E-state index in [0.29, 0.717) is 23.6 Å². The number of halogens is 1. The van der Waals surface area contributed by atoms with Crippen molar-refractivity contribution in [1.29, 1.82) is 0 Å². The Kier molecular flexibility index (Phi) is 7.10. The number of para-hydroxylation sites is 1. The monoisotopic (exact) mass is 518 g/mol. The third-order valence-electron chi connectivity index (χ3n) is 7.48. The fourth-order valence-corrected chi connectivity index (χ4v) is 8.84. The van der Waals surface area contributed by atoms with Gasteiger partial charge in [-0.1, -0.05) is 42.5 Å². The molecule has 3 fully saturated rings. The number of fused-ring (bicyclic) bond motifs is 1. The molecule has 9 heteroatoms. The lowest BCUT2D eigenvalue weighted by Crippen LogP contribution is -2.55. The molecule has 2 bridgehead atoms. The van der Waals surface area contributed by atoms with E-state index < -0.39 is 33.3 Å². The first-order valence-electron chi connectivity index (χ1n) is 11.7.